The van der Waals surface area contributed by atoms with Gasteiger partial charge in [-0.3, -0.25) is 0 Å². The molecule has 0 aliphatic carbocycles. The van der Waals surface area contributed by atoms with E-state index in [2.05, 4.69) is 16.0 Å². The molecule has 1 rings (SSSR count). The van der Waals surface area contributed by atoms with Gasteiger partial charge in [0.1, 0.15) is 5.75 Å². The lowest BCUT2D eigenvalue weighted by atomic mass is 10.3. The standard InChI is InChI=1S/C10H9IO5S/c1-7(6-11)10(12)14-8-2-4-9(5-3-8)17-16-15-13/h2-5,13H,1,6H2. The molecule has 1 aromatic carbocycles. The number of alkyl halides is 1. The molecule has 1 aromatic rings. The first-order chi connectivity index (χ1) is 8.17. The zero-order valence-electron chi connectivity index (χ0n) is 8.59. The van der Waals surface area contributed by atoms with Crippen molar-refractivity contribution in [2.24, 2.45) is 0 Å². The molecule has 0 amide bonds. The summed E-state index contributed by atoms with van der Waals surface area (Å²) in [5, 5.41) is 11.4. The minimum Gasteiger partial charge on any atom is -0.423 e. The molecule has 0 aromatic heterocycles. The van der Waals surface area contributed by atoms with Crippen LogP contribution < -0.4 is 4.74 Å². The minimum atomic E-state index is -0.449. The van der Waals surface area contributed by atoms with E-state index in [0.29, 0.717) is 20.6 Å². The molecule has 0 atom stereocenters. The molecule has 1 N–H and O–H groups in total. The Balaban J connectivity index is 2.56. The summed E-state index contributed by atoms with van der Waals surface area (Å²) in [6, 6.07) is 6.50. The van der Waals surface area contributed by atoms with E-state index < -0.39 is 5.97 Å². The molecule has 0 aliphatic rings. The van der Waals surface area contributed by atoms with E-state index >= 15 is 0 Å². The molecule has 0 saturated carbocycles. The van der Waals surface area contributed by atoms with E-state index in [0.717, 1.165) is 12.0 Å². The van der Waals surface area contributed by atoms with Crippen molar-refractivity contribution >= 4 is 40.6 Å². The lowest BCUT2D eigenvalue weighted by Crippen LogP contribution is -2.10. The second kappa shape index (κ2) is 7.67. The van der Waals surface area contributed by atoms with Crippen molar-refractivity contribution in [3.8, 4) is 5.75 Å². The van der Waals surface area contributed by atoms with Crippen LogP contribution in [0.2, 0.25) is 0 Å². The summed E-state index contributed by atoms with van der Waals surface area (Å²) < 4.78 is 9.82. The number of benzene rings is 1. The largest absolute Gasteiger partial charge is 0.423 e. The van der Waals surface area contributed by atoms with Gasteiger partial charge in [-0.2, -0.15) is 0 Å². The predicted molar refractivity (Wildman–Crippen MR) is 70.8 cm³/mol. The highest BCUT2D eigenvalue weighted by molar-refractivity contribution is 14.1. The fourth-order valence-corrected chi connectivity index (χ4v) is 1.52. The topological polar surface area (TPSA) is 65.0 Å². The van der Waals surface area contributed by atoms with Crippen LogP contribution in [0.5, 0.6) is 5.75 Å². The van der Waals surface area contributed by atoms with Crippen LogP contribution in [0.25, 0.3) is 0 Å². The monoisotopic (exact) mass is 368 g/mol. The second-order valence-electron chi connectivity index (χ2n) is 2.82. The third kappa shape index (κ3) is 5.04. The number of rotatable bonds is 6. The van der Waals surface area contributed by atoms with Gasteiger partial charge in [-0.15, -0.1) is 4.33 Å². The van der Waals surface area contributed by atoms with Crippen molar-refractivity contribution in [1.82, 2.24) is 0 Å². The molecule has 0 bridgehead atoms. The van der Waals surface area contributed by atoms with Crippen molar-refractivity contribution in [2.45, 2.75) is 4.90 Å². The summed E-state index contributed by atoms with van der Waals surface area (Å²) in [5.74, 6) is -0.0370. The maximum atomic E-state index is 11.4. The van der Waals surface area contributed by atoms with Crippen molar-refractivity contribution in [3.05, 3.63) is 36.4 Å². The first-order valence-corrected chi connectivity index (χ1v) is 6.65. The van der Waals surface area contributed by atoms with Gasteiger partial charge in [-0.25, -0.2) is 10.1 Å². The highest BCUT2D eigenvalue weighted by Crippen LogP contribution is 2.22. The van der Waals surface area contributed by atoms with Crippen LogP contribution in [0.4, 0.5) is 0 Å². The quantitative estimate of drug-likeness (QED) is 0.122. The molecule has 0 aliphatic heterocycles. The Morgan fingerprint density at radius 2 is 2.06 bits per heavy atom. The molecular formula is C10H9IO5S. The van der Waals surface area contributed by atoms with Crippen molar-refractivity contribution < 1.29 is 24.2 Å². The molecule has 0 saturated heterocycles. The third-order valence-electron chi connectivity index (χ3n) is 1.64. The van der Waals surface area contributed by atoms with Crippen LogP contribution in [-0.4, -0.2) is 15.7 Å². The van der Waals surface area contributed by atoms with Gasteiger partial charge in [0.05, 0.1) is 12.0 Å². The Bertz CT molecular complexity index is 392. The van der Waals surface area contributed by atoms with E-state index in [4.69, 9.17) is 9.99 Å². The third-order valence-corrected chi connectivity index (χ3v) is 3.16. The van der Waals surface area contributed by atoms with Crippen molar-refractivity contribution in [1.29, 1.82) is 0 Å². The number of carbonyl (C=O) groups is 1. The Hall–Kier alpha value is -0.610. The highest BCUT2D eigenvalue weighted by Gasteiger charge is 2.08. The molecule has 17 heavy (non-hydrogen) atoms. The van der Waals surface area contributed by atoms with Crippen LogP contribution in [0.1, 0.15) is 0 Å². The molecule has 0 fully saturated rings. The molecular weight excluding hydrogens is 359 g/mol. The van der Waals surface area contributed by atoms with E-state index in [-0.39, 0.29) is 0 Å². The van der Waals surface area contributed by atoms with Gasteiger partial charge in [0.25, 0.3) is 0 Å². The second-order valence-corrected chi connectivity index (χ2v) is 4.36. The van der Waals surface area contributed by atoms with Crippen molar-refractivity contribution in [3.63, 3.8) is 0 Å². The van der Waals surface area contributed by atoms with E-state index in [1.165, 1.54) is 0 Å². The summed E-state index contributed by atoms with van der Waals surface area (Å²) >= 11 is 2.86. The van der Waals surface area contributed by atoms with Gasteiger partial charge in [0, 0.05) is 14.9 Å². The molecule has 5 nitrogen and oxygen atoms in total. The Kier molecular flexibility index (Phi) is 6.52. The lowest BCUT2D eigenvalue weighted by Gasteiger charge is -2.05. The predicted octanol–water partition coefficient (Wildman–Crippen LogP) is 3.01. The average molecular weight is 368 g/mol. The first-order valence-electron chi connectivity index (χ1n) is 4.38. The summed E-state index contributed by atoms with van der Waals surface area (Å²) in [6.45, 7) is 3.58. The number of hydrogen-bond donors (Lipinski definition) is 1. The Morgan fingerprint density at radius 1 is 1.41 bits per heavy atom. The van der Waals surface area contributed by atoms with Crippen LogP contribution in [0.3, 0.4) is 0 Å². The van der Waals surface area contributed by atoms with Gasteiger partial charge in [0.2, 0.25) is 0 Å². The average Bonchev–Trinajstić information content (AvgIpc) is 2.37. The fraction of sp³-hybridized carbons (Fsp3) is 0.100. The summed E-state index contributed by atoms with van der Waals surface area (Å²) in [6.07, 6.45) is 0. The number of ether oxygens (including phenoxy) is 1. The Labute approximate surface area is 116 Å². The SMILES string of the molecule is C=C(CI)C(=O)Oc1ccc(SOOO)cc1. The van der Waals surface area contributed by atoms with Crippen LogP contribution >= 0.6 is 34.6 Å². The maximum absolute atomic E-state index is 11.4. The summed E-state index contributed by atoms with van der Waals surface area (Å²) in [4.78, 5) is 12.1. The highest BCUT2D eigenvalue weighted by atomic mass is 127. The zero-order valence-corrected chi connectivity index (χ0v) is 11.6. The van der Waals surface area contributed by atoms with Crippen LogP contribution in [0, 0.1) is 0 Å². The van der Waals surface area contributed by atoms with Gasteiger partial charge in [0.15, 0.2) is 0 Å². The van der Waals surface area contributed by atoms with E-state index in [1.807, 2.05) is 22.6 Å². The smallest absolute Gasteiger partial charge is 0.339 e. The molecule has 0 heterocycles. The number of esters is 1. The van der Waals surface area contributed by atoms with Crippen molar-refractivity contribution in [2.75, 3.05) is 4.43 Å². The van der Waals surface area contributed by atoms with Gasteiger partial charge in [-0.05, 0) is 24.3 Å². The molecule has 7 heteroatoms. The maximum Gasteiger partial charge on any atom is 0.339 e. The van der Waals surface area contributed by atoms with Gasteiger partial charge >= 0.3 is 5.97 Å². The zero-order chi connectivity index (χ0) is 12.7. The summed E-state index contributed by atoms with van der Waals surface area (Å²) in [7, 11) is 0. The van der Waals surface area contributed by atoms with Crippen LogP contribution in [-0.2, 0) is 14.2 Å². The molecule has 0 unspecified atom stereocenters. The number of carbonyl (C=O) groups excluding carboxylic acids is 1. The molecule has 0 spiro atoms. The summed E-state index contributed by atoms with van der Waals surface area (Å²) in [5.41, 5.74) is 0.404. The number of hydrogen-bond acceptors (Lipinski definition) is 6. The van der Waals surface area contributed by atoms with Gasteiger partial charge < -0.3 is 4.74 Å². The van der Waals surface area contributed by atoms with E-state index in [1.54, 1.807) is 24.3 Å². The Morgan fingerprint density at radius 3 is 2.59 bits per heavy atom. The minimum absolute atomic E-state index is 0.404. The molecule has 92 valence electrons. The first kappa shape index (κ1) is 14.5. The fourth-order valence-electron chi connectivity index (χ4n) is 0.852. The lowest BCUT2D eigenvalue weighted by molar-refractivity contribution is -0.432. The van der Waals surface area contributed by atoms with Gasteiger partial charge in [-0.1, -0.05) is 34.2 Å². The normalized spacial score (nSPS) is 10.0. The van der Waals surface area contributed by atoms with E-state index in [9.17, 15) is 4.79 Å². The van der Waals surface area contributed by atoms with Crippen LogP contribution in [0.15, 0.2) is 41.3 Å². The molecule has 0 radical (unpaired) electrons. The number of halogens is 1.